The average Bonchev–Trinajstić information content (AvgIpc) is 3.03. The largest absolute Gasteiger partial charge is 0.426 e. The highest BCUT2D eigenvalue weighted by Gasteiger charge is 2.34. The topological polar surface area (TPSA) is 70.4 Å². The van der Waals surface area contributed by atoms with Crippen LogP contribution in [-0.2, 0) is 9.59 Å². The summed E-state index contributed by atoms with van der Waals surface area (Å²) in [5, 5.41) is 8.84. The number of hydrogen-bond donors (Lipinski definition) is 0. The molecule has 1 amide bonds. The van der Waals surface area contributed by atoms with Crippen LogP contribution in [0.5, 0.6) is 5.75 Å². The summed E-state index contributed by atoms with van der Waals surface area (Å²) >= 11 is 0. The van der Waals surface area contributed by atoms with Gasteiger partial charge in [0.25, 0.3) is 0 Å². The maximum atomic E-state index is 12.2. The van der Waals surface area contributed by atoms with Crippen LogP contribution >= 0.6 is 0 Å². The molecule has 0 N–H and O–H groups in total. The number of nitrogens with zero attached hydrogens (tertiary/aromatic N) is 2. The lowest BCUT2D eigenvalue weighted by atomic mass is 10.0. The van der Waals surface area contributed by atoms with Gasteiger partial charge in [0, 0.05) is 19.5 Å². The zero-order valence-corrected chi connectivity index (χ0v) is 13.9. The van der Waals surface area contributed by atoms with E-state index in [1.165, 1.54) is 0 Å². The van der Waals surface area contributed by atoms with Crippen molar-refractivity contribution in [3.63, 3.8) is 0 Å². The van der Waals surface area contributed by atoms with E-state index in [4.69, 9.17) is 10.00 Å². The third kappa shape index (κ3) is 3.69. The van der Waals surface area contributed by atoms with Gasteiger partial charge in [-0.15, -0.1) is 0 Å². The summed E-state index contributed by atoms with van der Waals surface area (Å²) in [6.07, 6.45) is 0.218. The zero-order valence-electron chi connectivity index (χ0n) is 13.9. The van der Waals surface area contributed by atoms with Crippen molar-refractivity contribution in [3.05, 3.63) is 54.1 Å². The van der Waals surface area contributed by atoms with Crippen LogP contribution in [0.1, 0.15) is 18.9 Å². The second-order valence-corrected chi connectivity index (χ2v) is 5.97. The molecule has 2 aromatic rings. The lowest BCUT2D eigenvalue weighted by Crippen LogP contribution is -2.27. The van der Waals surface area contributed by atoms with Gasteiger partial charge in [-0.3, -0.25) is 9.59 Å². The highest BCUT2D eigenvalue weighted by molar-refractivity contribution is 5.87. The fraction of sp³-hybridized carbons (Fsp3) is 0.250. The van der Waals surface area contributed by atoms with E-state index in [1.807, 2.05) is 31.2 Å². The standard InChI is InChI=1S/C20H18N2O3/c1-2-22-13-17(11-19(22)23)20(24)25-18-9-7-16(8-10-18)15-5-3-14(12-21)4-6-15/h3-10,17H,2,11,13H2,1H3. The molecule has 5 nitrogen and oxygen atoms in total. The van der Waals surface area contributed by atoms with Crippen molar-refractivity contribution >= 4 is 11.9 Å². The maximum absolute atomic E-state index is 12.2. The highest BCUT2D eigenvalue weighted by Crippen LogP contribution is 2.25. The molecule has 0 radical (unpaired) electrons. The van der Waals surface area contributed by atoms with Crippen LogP contribution in [0.3, 0.4) is 0 Å². The van der Waals surface area contributed by atoms with Gasteiger partial charge >= 0.3 is 5.97 Å². The number of carbonyl (C=O) groups is 2. The van der Waals surface area contributed by atoms with Crippen LogP contribution in [-0.4, -0.2) is 29.9 Å². The predicted molar refractivity (Wildman–Crippen MR) is 92.6 cm³/mol. The van der Waals surface area contributed by atoms with Crippen molar-refractivity contribution in [2.75, 3.05) is 13.1 Å². The monoisotopic (exact) mass is 334 g/mol. The summed E-state index contributed by atoms with van der Waals surface area (Å²) in [6.45, 7) is 2.94. The Hall–Kier alpha value is -3.13. The first-order valence-corrected chi connectivity index (χ1v) is 8.20. The molecule has 3 rings (SSSR count). The van der Waals surface area contributed by atoms with E-state index in [0.29, 0.717) is 24.4 Å². The molecule has 1 aliphatic rings. The lowest BCUT2D eigenvalue weighted by molar-refractivity contribution is -0.139. The quantitative estimate of drug-likeness (QED) is 0.636. The van der Waals surface area contributed by atoms with Gasteiger partial charge in [0.15, 0.2) is 0 Å². The SMILES string of the molecule is CCN1CC(C(=O)Oc2ccc(-c3ccc(C#N)cc3)cc2)CC1=O. The Kier molecular flexibility index (Phi) is 4.80. The van der Waals surface area contributed by atoms with Gasteiger partial charge in [0.1, 0.15) is 5.75 Å². The fourth-order valence-electron chi connectivity index (χ4n) is 2.89. The summed E-state index contributed by atoms with van der Waals surface area (Å²) < 4.78 is 5.41. The Bertz CT molecular complexity index is 820. The van der Waals surface area contributed by atoms with Gasteiger partial charge in [-0.1, -0.05) is 24.3 Å². The second kappa shape index (κ2) is 7.18. The molecule has 0 aliphatic carbocycles. The third-order valence-electron chi connectivity index (χ3n) is 4.35. The van der Waals surface area contributed by atoms with Crippen molar-refractivity contribution < 1.29 is 14.3 Å². The van der Waals surface area contributed by atoms with Crippen LogP contribution in [0.15, 0.2) is 48.5 Å². The zero-order chi connectivity index (χ0) is 17.8. The van der Waals surface area contributed by atoms with Gasteiger partial charge in [0.05, 0.1) is 17.6 Å². The lowest BCUT2D eigenvalue weighted by Gasteiger charge is -2.13. The molecule has 2 aromatic carbocycles. The normalized spacial score (nSPS) is 16.6. The number of hydrogen-bond acceptors (Lipinski definition) is 4. The van der Waals surface area contributed by atoms with Crippen molar-refractivity contribution in [2.45, 2.75) is 13.3 Å². The first-order valence-electron chi connectivity index (χ1n) is 8.20. The molecule has 0 bridgehead atoms. The molecule has 5 heteroatoms. The van der Waals surface area contributed by atoms with Crippen LogP contribution in [0.4, 0.5) is 0 Å². The molecule has 1 unspecified atom stereocenters. The number of likely N-dealkylation sites (tertiary alicyclic amines) is 1. The number of carbonyl (C=O) groups excluding carboxylic acids is 2. The molecule has 0 saturated carbocycles. The van der Waals surface area contributed by atoms with E-state index in [2.05, 4.69) is 6.07 Å². The van der Waals surface area contributed by atoms with Crippen LogP contribution in [0.25, 0.3) is 11.1 Å². The Morgan fingerprint density at radius 2 is 1.76 bits per heavy atom. The molecule has 1 saturated heterocycles. The summed E-state index contributed by atoms with van der Waals surface area (Å²) in [4.78, 5) is 25.6. The van der Waals surface area contributed by atoms with Crippen LogP contribution < -0.4 is 4.74 Å². The van der Waals surface area contributed by atoms with E-state index >= 15 is 0 Å². The van der Waals surface area contributed by atoms with Crippen molar-refractivity contribution in [1.29, 1.82) is 5.26 Å². The van der Waals surface area contributed by atoms with Gasteiger partial charge in [-0.05, 0) is 42.3 Å². The second-order valence-electron chi connectivity index (χ2n) is 5.97. The molecule has 0 spiro atoms. The highest BCUT2D eigenvalue weighted by atomic mass is 16.5. The number of benzene rings is 2. The van der Waals surface area contributed by atoms with Gasteiger partial charge in [0.2, 0.25) is 5.91 Å². The summed E-state index contributed by atoms with van der Waals surface area (Å²) in [5.41, 5.74) is 2.57. The molecule has 1 heterocycles. The summed E-state index contributed by atoms with van der Waals surface area (Å²) in [7, 11) is 0. The Morgan fingerprint density at radius 1 is 1.16 bits per heavy atom. The van der Waals surface area contributed by atoms with Gasteiger partial charge in [-0.2, -0.15) is 5.26 Å². The molecule has 1 fully saturated rings. The van der Waals surface area contributed by atoms with Crippen molar-refractivity contribution in [1.82, 2.24) is 4.90 Å². The molecule has 25 heavy (non-hydrogen) atoms. The molecular formula is C20H18N2O3. The minimum Gasteiger partial charge on any atom is -0.426 e. The first-order chi connectivity index (χ1) is 12.1. The number of ether oxygens (including phenoxy) is 1. The third-order valence-corrected chi connectivity index (χ3v) is 4.35. The van der Waals surface area contributed by atoms with E-state index in [9.17, 15) is 9.59 Å². The van der Waals surface area contributed by atoms with E-state index < -0.39 is 5.92 Å². The molecule has 0 aromatic heterocycles. The van der Waals surface area contributed by atoms with Crippen molar-refractivity contribution in [3.8, 4) is 22.9 Å². The molecular weight excluding hydrogens is 316 g/mol. The number of nitriles is 1. The van der Waals surface area contributed by atoms with E-state index in [1.54, 1.807) is 29.2 Å². The molecule has 126 valence electrons. The van der Waals surface area contributed by atoms with Gasteiger partial charge < -0.3 is 9.64 Å². The Morgan fingerprint density at radius 3 is 2.28 bits per heavy atom. The Balaban J connectivity index is 1.65. The predicted octanol–water partition coefficient (Wildman–Crippen LogP) is 3.00. The Labute approximate surface area is 146 Å². The number of esters is 1. The van der Waals surface area contributed by atoms with Crippen LogP contribution in [0, 0.1) is 17.2 Å². The first kappa shape index (κ1) is 16.7. The summed E-state index contributed by atoms with van der Waals surface area (Å²) in [5.74, 6) is -0.300. The van der Waals surface area contributed by atoms with Gasteiger partial charge in [-0.25, -0.2) is 0 Å². The van der Waals surface area contributed by atoms with E-state index in [0.717, 1.165) is 11.1 Å². The minimum atomic E-state index is -0.398. The minimum absolute atomic E-state index is 0.000568. The fourth-order valence-corrected chi connectivity index (χ4v) is 2.89. The molecule has 1 aliphatic heterocycles. The number of amides is 1. The maximum Gasteiger partial charge on any atom is 0.316 e. The average molecular weight is 334 g/mol. The molecule has 1 atom stereocenters. The van der Waals surface area contributed by atoms with E-state index in [-0.39, 0.29) is 18.3 Å². The van der Waals surface area contributed by atoms with Crippen molar-refractivity contribution in [2.24, 2.45) is 5.92 Å². The van der Waals surface area contributed by atoms with Crippen LogP contribution in [0.2, 0.25) is 0 Å². The summed E-state index contributed by atoms with van der Waals surface area (Å²) in [6, 6.07) is 16.6. The smallest absolute Gasteiger partial charge is 0.316 e. The number of rotatable bonds is 4.